The van der Waals surface area contributed by atoms with E-state index in [0.717, 1.165) is 19.6 Å². The molecule has 1 saturated heterocycles. The van der Waals surface area contributed by atoms with Crippen molar-refractivity contribution in [3.63, 3.8) is 0 Å². The van der Waals surface area contributed by atoms with Crippen molar-refractivity contribution in [2.45, 2.75) is 51.4 Å². The normalized spacial score (nSPS) is 29.4. The Hall–Kier alpha value is -0.120. The van der Waals surface area contributed by atoms with Crippen molar-refractivity contribution in [3.8, 4) is 0 Å². The molecule has 0 saturated carbocycles. The van der Waals surface area contributed by atoms with Gasteiger partial charge in [0.1, 0.15) is 0 Å². The Labute approximate surface area is 87.2 Å². The largest absolute Gasteiger partial charge is 0.383 e. The summed E-state index contributed by atoms with van der Waals surface area (Å²) in [6.45, 7) is 10.2. The molecule has 1 aliphatic rings. The van der Waals surface area contributed by atoms with Crippen LogP contribution in [0.5, 0.6) is 0 Å². The number of rotatable bonds is 4. The maximum atomic E-state index is 5.98. The summed E-state index contributed by atoms with van der Waals surface area (Å²) in [6.07, 6.45) is 1.06. The summed E-state index contributed by atoms with van der Waals surface area (Å²) in [4.78, 5) is 0. The van der Waals surface area contributed by atoms with Gasteiger partial charge in [-0.1, -0.05) is 0 Å². The van der Waals surface area contributed by atoms with E-state index < -0.39 is 0 Å². The number of hydrogen-bond donors (Lipinski definition) is 1. The minimum Gasteiger partial charge on any atom is -0.383 e. The van der Waals surface area contributed by atoms with E-state index in [1.54, 1.807) is 7.11 Å². The Bertz CT molecular complexity index is 190. The summed E-state index contributed by atoms with van der Waals surface area (Å²) in [5.74, 6) is 0. The van der Waals surface area contributed by atoms with Gasteiger partial charge in [-0.15, -0.1) is 0 Å². The quantitative estimate of drug-likeness (QED) is 0.700. The van der Waals surface area contributed by atoms with Crippen molar-refractivity contribution in [1.29, 1.82) is 0 Å². The second-order valence-electron chi connectivity index (χ2n) is 5.17. The van der Waals surface area contributed by atoms with Gasteiger partial charge in [-0.05, 0) is 34.1 Å². The first-order valence-corrected chi connectivity index (χ1v) is 5.30. The molecule has 0 radical (unpaired) electrons. The van der Waals surface area contributed by atoms with Gasteiger partial charge in [-0.3, -0.25) is 0 Å². The Balaban J connectivity index is 2.44. The molecule has 14 heavy (non-hydrogen) atoms. The van der Waals surface area contributed by atoms with E-state index in [4.69, 9.17) is 9.47 Å². The monoisotopic (exact) mass is 201 g/mol. The van der Waals surface area contributed by atoms with Gasteiger partial charge < -0.3 is 14.8 Å². The van der Waals surface area contributed by atoms with E-state index in [9.17, 15) is 0 Å². The average molecular weight is 201 g/mol. The molecule has 1 heterocycles. The van der Waals surface area contributed by atoms with Crippen LogP contribution >= 0.6 is 0 Å². The third-order valence-corrected chi connectivity index (χ3v) is 2.77. The number of hydrogen-bond acceptors (Lipinski definition) is 3. The van der Waals surface area contributed by atoms with Gasteiger partial charge >= 0.3 is 0 Å². The molecule has 1 fully saturated rings. The average Bonchev–Trinajstić information content (AvgIpc) is 2.20. The second-order valence-corrected chi connectivity index (χ2v) is 5.17. The maximum Gasteiger partial charge on any atom is 0.0787 e. The van der Waals surface area contributed by atoms with Crippen molar-refractivity contribution in [3.05, 3.63) is 0 Å². The smallest absolute Gasteiger partial charge is 0.0787 e. The molecular formula is C11H23NO2. The van der Waals surface area contributed by atoms with Crippen LogP contribution in [0.15, 0.2) is 0 Å². The summed E-state index contributed by atoms with van der Waals surface area (Å²) in [5, 5.41) is 3.48. The van der Waals surface area contributed by atoms with Gasteiger partial charge in [0.15, 0.2) is 0 Å². The molecule has 0 aromatic heterocycles. The minimum absolute atomic E-state index is 0.00572. The highest BCUT2D eigenvalue weighted by Crippen LogP contribution is 2.36. The Morgan fingerprint density at radius 2 is 2.00 bits per heavy atom. The molecule has 0 bridgehead atoms. The van der Waals surface area contributed by atoms with Crippen molar-refractivity contribution in [1.82, 2.24) is 5.32 Å². The molecule has 1 rings (SSSR count). The van der Waals surface area contributed by atoms with E-state index in [0.29, 0.717) is 6.04 Å². The molecule has 3 heteroatoms. The molecule has 0 amide bonds. The van der Waals surface area contributed by atoms with Gasteiger partial charge in [-0.2, -0.15) is 0 Å². The topological polar surface area (TPSA) is 30.5 Å². The molecule has 1 N–H and O–H groups in total. The van der Waals surface area contributed by atoms with Gasteiger partial charge in [-0.25, -0.2) is 0 Å². The van der Waals surface area contributed by atoms with Gasteiger partial charge in [0.25, 0.3) is 0 Å². The van der Waals surface area contributed by atoms with E-state index in [-0.39, 0.29) is 11.2 Å². The van der Waals surface area contributed by atoms with Gasteiger partial charge in [0.05, 0.1) is 17.8 Å². The van der Waals surface area contributed by atoms with E-state index in [2.05, 4.69) is 33.0 Å². The van der Waals surface area contributed by atoms with Crippen LogP contribution in [0.4, 0.5) is 0 Å². The predicted molar refractivity (Wildman–Crippen MR) is 57.5 cm³/mol. The van der Waals surface area contributed by atoms with Crippen LogP contribution in [-0.2, 0) is 9.47 Å². The highest BCUT2D eigenvalue weighted by Gasteiger charge is 2.45. The second kappa shape index (κ2) is 4.17. The summed E-state index contributed by atoms with van der Waals surface area (Å²) >= 11 is 0. The standard InChI is InChI=1S/C11H23NO2/c1-10(2)8-9(11(3,4)14-10)12-6-7-13-5/h9,12H,6-8H2,1-5H3. The van der Waals surface area contributed by atoms with Crippen molar-refractivity contribution in [2.24, 2.45) is 0 Å². The summed E-state index contributed by atoms with van der Waals surface area (Å²) in [6, 6.07) is 0.424. The third kappa shape index (κ3) is 2.94. The lowest BCUT2D eigenvalue weighted by Crippen LogP contribution is -2.44. The van der Waals surface area contributed by atoms with Crippen LogP contribution in [0.25, 0.3) is 0 Å². The van der Waals surface area contributed by atoms with Crippen molar-refractivity contribution < 1.29 is 9.47 Å². The van der Waals surface area contributed by atoms with Gasteiger partial charge in [0, 0.05) is 19.7 Å². The van der Waals surface area contributed by atoms with Crippen LogP contribution in [0.3, 0.4) is 0 Å². The first-order chi connectivity index (χ1) is 6.37. The molecule has 84 valence electrons. The summed E-state index contributed by atoms with van der Waals surface area (Å²) in [5.41, 5.74) is -0.0779. The molecule has 0 spiro atoms. The van der Waals surface area contributed by atoms with Crippen LogP contribution < -0.4 is 5.32 Å². The molecule has 0 aliphatic carbocycles. The highest BCUT2D eigenvalue weighted by molar-refractivity contribution is 4.98. The zero-order chi connectivity index (χ0) is 10.8. The zero-order valence-corrected chi connectivity index (χ0v) is 10.0. The zero-order valence-electron chi connectivity index (χ0n) is 10.0. The van der Waals surface area contributed by atoms with E-state index >= 15 is 0 Å². The fraction of sp³-hybridized carbons (Fsp3) is 1.00. The number of methoxy groups -OCH3 is 1. The fourth-order valence-corrected chi connectivity index (χ4v) is 2.22. The minimum atomic E-state index is -0.0722. The van der Waals surface area contributed by atoms with Gasteiger partial charge in [0.2, 0.25) is 0 Å². The Kier molecular flexibility index (Phi) is 3.56. The van der Waals surface area contributed by atoms with Crippen LogP contribution in [0, 0.1) is 0 Å². The SMILES string of the molecule is COCCNC1CC(C)(C)OC1(C)C. The Morgan fingerprint density at radius 1 is 1.36 bits per heavy atom. The maximum absolute atomic E-state index is 5.98. The fourth-order valence-electron chi connectivity index (χ4n) is 2.22. The lowest BCUT2D eigenvalue weighted by molar-refractivity contribution is -0.0699. The molecular weight excluding hydrogens is 178 g/mol. The van der Waals surface area contributed by atoms with E-state index in [1.165, 1.54) is 0 Å². The molecule has 0 aromatic rings. The van der Waals surface area contributed by atoms with Crippen LogP contribution in [-0.4, -0.2) is 37.5 Å². The first kappa shape index (κ1) is 12.0. The van der Waals surface area contributed by atoms with Crippen LogP contribution in [0.2, 0.25) is 0 Å². The number of nitrogens with one attached hydrogen (secondary N) is 1. The first-order valence-electron chi connectivity index (χ1n) is 5.30. The highest BCUT2D eigenvalue weighted by atomic mass is 16.5. The van der Waals surface area contributed by atoms with Crippen molar-refractivity contribution >= 4 is 0 Å². The molecule has 1 unspecified atom stereocenters. The lowest BCUT2D eigenvalue weighted by atomic mass is 9.94. The van der Waals surface area contributed by atoms with Crippen LogP contribution in [0.1, 0.15) is 34.1 Å². The summed E-state index contributed by atoms with van der Waals surface area (Å²) < 4.78 is 11.0. The molecule has 0 aromatic carbocycles. The molecule has 1 atom stereocenters. The third-order valence-electron chi connectivity index (χ3n) is 2.77. The molecule has 3 nitrogen and oxygen atoms in total. The lowest BCUT2D eigenvalue weighted by Gasteiger charge is -2.27. The Morgan fingerprint density at radius 3 is 2.43 bits per heavy atom. The summed E-state index contributed by atoms with van der Waals surface area (Å²) in [7, 11) is 1.72. The van der Waals surface area contributed by atoms with E-state index in [1.807, 2.05) is 0 Å². The predicted octanol–water partition coefficient (Wildman–Crippen LogP) is 1.57. The molecule has 1 aliphatic heterocycles. The van der Waals surface area contributed by atoms with Crippen molar-refractivity contribution in [2.75, 3.05) is 20.3 Å². The number of ether oxygens (including phenoxy) is 2.